The zero-order valence-electron chi connectivity index (χ0n) is 12.4. The van der Waals surface area contributed by atoms with E-state index in [4.69, 9.17) is 0 Å². The summed E-state index contributed by atoms with van der Waals surface area (Å²) >= 11 is 0. The third-order valence-corrected chi connectivity index (χ3v) is 3.88. The van der Waals surface area contributed by atoms with E-state index in [1.54, 1.807) is 12.1 Å². The zero-order valence-corrected chi connectivity index (χ0v) is 12.4. The van der Waals surface area contributed by atoms with Gasteiger partial charge >= 0.3 is 0 Å². The minimum Gasteiger partial charge on any atom is -0.319 e. The van der Waals surface area contributed by atoms with Gasteiger partial charge < -0.3 is 4.90 Å². The second kappa shape index (κ2) is 6.67. The smallest absolute Gasteiger partial charge is 0.269 e. The van der Waals surface area contributed by atoms with Crippen LogP contribution in [0, 0.1) is 10.1 Å². The van der Waals surface area contributed by atoms with E-state index in [-0.39, 0.29) is 23.8 Å². The van der Waals surface area contributed by atoms with Crippen molar-refractivity contribution in [1.29, 1.82) is 0 Å². The molecule has 6 heteroatoms. The third kappa shape index (κ3) is 3.39. The summed E-state index contributed by atoms with van der Waals surface area (Å²) in [6.45, 7) is 4.50. The summed E-state index contributed by atoms with van der Waals surface area (Å²) in [6, 6.07) is 6.55. The van der Waals surface area contributed by atoms with Crippen LogP contribution >= 0.6 is 0 Å². The highest BCUT2D eigenvalue weighted by atomic mass is 16.6. The van der Waals surface area contributed by atoms with Crippen LogP contribution in [-0.4, -0.2) is 28.3 Å². The van der Waals surface area contributed by atoms with E-state index in [1.807, 2.05) is 4.90 Å². The lowest BCUT2D eigenvalue weighted by atomic mass is 10.1. The third-order valence-electron chi connectivity index (χ3n) is 3.88. The molecule has 1 heterocycles. The number of nitrogens with one attached hydrogen (secondary N) is 1. The molecule has 0 bridgehead atoms. The number of nitro benzene ring substituents is 1. The molecule has 0 spiro atoms. The van der Waals surface area contributed by atoms with Crippen molar-refractivity contribution in [3.05, 3.63) is 39.9 Å². The van der Waals surface area contributed by atoms with Crippen LogP contribution in [0.4, 0.5) is 5.69 Å². The lowest BCUT2D eigenvalue weighted by Gasteiger charge is -2.30. The largest absolute Gasteiger partial charge is 0.319 e. The highest BCUT2D eigenvalue weighted by molar-refractivity contribution is 5.81. The normalized spacial score (nSPS) is 19.8. The predicted molar refractivity (Wildman–Crippen MR) is 79.7 cm³/mol. The molecule has 1 saturated heterocycles. The van der Waals surface area contributed by atoms with Gasteiger partial charge in [0.1, 0.15) is 6.17 Å². The summed E-state index contributed by atoms with van der Waals surface area (Å²) in [4.78, 5) is 24.2. The molecule has 2 atom stereocenters. The number of hydrogen-bond donors (Lipinski definition) is 1. The lowest BCUT2D eigenvalue weighted by molar-refractivity contribution is -0.384. The van der Waals surface area contributed by atoms with E-state index in [0.717, 1.165) is 24.8 Å². The zero-order chi connectivity index (χ0) is 15.4. The second-order valence-corrected chi connectivity index (χ2v) is 5.42. The lowest BCUT2D eigenvalue weighted by Crippen LogP contribution is -2.37. The standard InChI is InChI=1S/C15H21N3O3/c1-3-4-5-11(2)17-14(19)10-16-15(17)12-6-8-13(9-7-12)18(20)21/h6-9,11,15-16H,3-5,10H2,1-2H3. The van der Waals surface area contributed by atoms with E-state index in [0.29, 0.717) is 6.54 Å². The van der Waals surface area contributed by atoms with Crippen molar-refractivity contribution >= 4 is 11.6 Å². The molecule has 1 aromatic rings. The summed E-state index contributed by atoms with van der Waals surface area (Å²) in [6.07, 6.45) is 2.96. The van der Waals surface area contributed by atoms with E-state index in [2.05, 4.69) is 19.2 Å². The molecule has 6 nitrogen and oxygen atoms in total. The average molecular weight is 291 g/mol. The van der Waals surface area contributed by atoms with Crippen LogP contribution < -0.4 is 5.32 Å². The van der Waals surface area contributed by atoms with Gasteiger partial charge in [0.15, 0.2) is 0 Å². The van der Waals surface area contributed by atoms with Gasteiger partial charge in [-0.15, -0.1) is 0 Å². The minimum atomic E-state index is -0.418. The Morgan fingerprint density at radius 3 is 2.67 bits per heavy atom. The Balaban J connectivity index is 2.16. The van der Waals surface area contributed by atoms with Crippen LogP contribution in [0.3, 0.4) is 0 Å². The topological polar surface area (TPSA) is 75.5 Å². The van der Waals surface area contributed by atoms with Gasteiger partial charge in [-0.2, -0.15) is 0 Å². The number of non-ortho nitro benzene ring substituents is 1. The molecule has 1 N–H and O–H groups in total. The first-order valence-corrected chi connectivity index (χ1v) is 7.33. The molecule has 21 heavy (non-hydrogen) atoms. The predicted octanol–water partition coefficient (Wildman–Crippen LogP) is 2.60. The molecule has 2 unspecified atom stereocenters. The van der Waals surface area contributed by atoms with Crippen LogP contribution in [0.1, 0.15) is 44.8 Å². The van der Waals surface area contributed by atoms with Gasteiger partial charge in [-0.05, 0) is 31.0 Å². The molecule has 114 valence electrons. The number of benzene rings is 1. The highest BCUT2D eigenvalue weighted by Crippen LogP contribution is 2.27. The molecule has 1 amide bonds. The number of carbonyl (C=O) groups excluding carboxylic acids is 1. The van der Waals surface area contributed by atoms with Crippen LogP contribution in [0.25, 0.3) is 0 Å². The molecule has 1 fully saturated rings. The van der Waals surface area contributed by atoms with Gasteiger partial charge in [0.05, 0.1) is 11.5 Å². The molecule has 1 aliphatic rings. The molecule has 1 aliphatic heterocycles. The van der Waals surface area contributed by atoms with Gasteiger partial charge in [-0.1, -0.05) is 19.8 Å². The van der Waals surface area contributed by atoms with Crippen molar-refractivity contribution < 1.29 is 9.72 Å². The second-order valence-electron chi connectivity index (χ2n) is 5.42. The summed E-state index contributed by atoms with van der Waals surface area (Å²) in [5.41, 5.74) is 0.948. The summed E-state index contributed by atoms with van der Waals surface area (Å²) < 4.78 is 0. The fourth-order valence-electron chi connectivity index (χ4n) is 2.71. The van der Waals surface area contributed by atoms with E-state index in [1.165, 1.54) is 12.1 Å². The quantitative estimate of drug-likeness (QED) is 0.645. The van der Waals surface area contributed by atoms with Crippen molar-refractivity contribution in [2.45, 2.75) is 45.3 Å². The van der Waals surface area contributed by atoms with E-state index in [9.17, 15) is 14.9 Å². The molecule has 2 rings (SSSR count). The fourth-order valence-corrected chi connectivity index (χ4v) is 2.71. The Kier molecular flexibility index (Phi) is 4.90. The summed E-state index contributed by atoms with van der Waals surface area (Å²) in [5, 5.41) is 13.9. The van der Waals surface area contributed by atoms with Gasteiger partial charge in [0.25, 0.3) is 5.69 Å². The Labute approximate surface area is 124 Å². The fraction of sp³-hybridized carbons (Fsp3) is 0.533. The highest BCUT2D eigenvalue weighted by Gasteiger charge is 2.34. The van der Waals surface area contributed by atoms with Gasteiger partial charge in [0.2, 0.25) is 5.91 Å². The number of carbonyl (C=O) groups is 1. The SMILES string of the molecule is CCCCC(C)N1C(=O)CNC1c1ccc([N+](=O)[O-])cc1. The monoisotopic (exact) mass is 291 g/mol. The molecular weight excluding hydrogens is 270 g/mol. The molecule has 0 saturated carbocycles. The van der Waals surface area contributed by atoms with Crippen LogP contribution in [0.15, 0.2) is 24.3 Å². The van der Waals surface area contributed by atoms with Crippen molar-refractivity contribution in [3.63, 3.8) is 0 Å². The first kappa shape index (κ1) is 15.4. The van der Waals surface area contributed by atoms with Crippen LogP contribution in [0.5, 0.6) is 0 Å². The van der Waals surface area contributed by atoms with E-state index >= 15 is 0 Å². The molecule has 0 radical (unpaired) electrons. The Morgan fingerprint density at radius 1 is 1.43 bits per heavy atom. The Morgan fingerprint density at radius 2 is 2.10 bits per heavy atom. The van der Waals surface area contributed by atoms with Crippen molar-refractivity contribution in [2.24, 2.45) is 0 Å². The number of unbranched alkanes of at least 4 members (excludes halogenated alkanes) is 1. The first-order valence-electron chi connectivity index (χ1n) is 7.33. The molecule has 1 aromatic carbocycles. The Hall–Kier alpha value is -1.95. The molecule has 0 aliphatic carbocycles. The summed E-state index contributed by atoms with van der Waals surface area (Å²) in [7, 11) is 0. The number of nitro groups is 1. The maximum atomic E-state index is 12.1. The van der Waals surface area contributed by atoms with Crippen LogP contribution in [0.2, 0.25) is 0 Å². The van der Waals surface area contributed by atoms with Crippen LogP contribution in [-0.2, 0) is 4.79 Å². The van der Waals surface area contributed by atoms with E-state index < -0.39 is 4.92 Å². The maximum absolute atomic E-state index is 12.1. The number of hydrogen-bond acceptors (Lipinski definition) is 4. The number of nitrogens with zero attached hydrogens (tertiary/aromatic N) is 2. The van der Waals surface area contributed by atoms with Crippen molar-refractivity contribution in [1.82, 2.24) is 10.2 Å². The maximum Gasteiger partial charge on any atom is 0.269 e. The van der Waals surface area contributed by atoms with Gasteiger partial charge in [0, 0.05) is 18.2 Å². The minimum absolute atomic E-state index is 0.0636. The number of rotatable bonds is 6. The molecule has 0 aromatic heterocycles. The molecular formula is C15H21N3O3. The van der Waals surface area contributed by atoms with Crippen molar-refractivity contribution in [2.75, 3.05) is 6.54 Å². The Bertz CT molecular complexity index is 515. The van der Waals surface area contributed by atoms with Crippen molar-refractivity contribution in [3.8, 4) is 0 Å². The van der Waals surface area contributed by atoms with Gasteiger partial charge in [-0.3, -0.25) is 20.2 Å². The number of amides is 1. The average Bonchev–Trinajstić information content (AvgIpc) is 2.86. The first-order chi connectivity index (χ1) is 10.0. The summed E-state index contributed by atoms with van der Waals surface area (Å²) in [5.74, 6) is 0.0851. The van der Waals surface area contributed by atoms with Gasteiger partial charge in [-0.25, -0.2) is 0 Å².